The molecule has 1 atom stereocenters. The molecule has 3 aromatic rings. The molecule has 0 aliphatic rings. The Hall–Kier alpha value is -5.43. The van der Waals surface area contributed by atoms with E-state index < -0.39 is 47.4 Å². The van der Waals surface area contributed by atoms with Gasteiger partial charge in [-0.1, -0.05) is 0 Å². The van der Waals surface area contributed by atoms with Gasteiger partial charge in [0.05, 0.1) is 29.8 Å². The molecular formula is C28H30N6O7. The Balaban J connectivity index is 1.77. The molecule has 13 nitrogen and oxygen atoms in total. The van der Waals surface area contributed by atoms with E-state index in [-0.39, 0.29) is 34.5 Å². The van der Waals surface area contributed by atoms with Crippen LogP contribution in [0.5, 0.6) is 11.5 Å². The van der Waals surface area contributed by atoms with Gasteiger partial charge in [0.15, 0.2) is 11.5 Å². The van der Waals surface area contributed by atoms with Crippen LogP contribution in [0.4, 0.5) is 17.1 Å². The number of anilines is 3. The van der Waals surface area contributed by atoms with Crippen molar-refractivity contribution in [2.24, 2.45) is 17.2 Å². The summed E-state index contributed by atoms with van der Waals surface area (Å²) < 4.78 is 5.72. The lowest BCUT2D eigenvalue weighted by molar-refractivity contribution is -0.123. The fourth-order valence-electron chi connectivity index (χ4n) is 3.57. The largest absolute Gasteiger partial charge is 0.504 e. The first-order valence-corrected chi connectivity index (χ1v) is 12.4. The van der Waals surface area contributed by atoms with E-state index >= 15 is 0 Å². The zero-order valence-electron chi connectivity index (χ0n) is 22.3. The number of primary amides is 2. The molecule has 0 saturated heterocycles. The first kappa shape index (κ1) is 30.1. The van der Waals surface area contributed by atoms with Crippen molar-refractivity contribution in [2.45, 2.75) is 32.4 Å². The van der Waals surface area contributed by atoms with Gasteiger partial charge in [-0.3, -0.25) is 24.0 Å². The lowest BCUT2D eigenvalue weighted by atomic mass is 10.1. The highest BCUT2D eigenvalue weighted by atomic mass is 16.5. The van der Waals surface area contributed by atoms with Crippen molar-refractivity contribution in [1.29, 1.82) is 0 Å². The number of carbonyl (C=O) groups is 5. The van der Waals surface area contributed by atoms with Crippen molar-refractivity contribution < 1.29 is 33.8 Å². The van der Waals surface area contributed by atoms with E-state index in [1.807, 2.05) is 0 Å². The van der Waals surface area contributed by atoms with Crippen molar-refractivity contribution >= 4 is 46.6 Å². The van der Waals surface area contributed by atoms with Crippen LogP contribution in [0, 0.1) is 0 Å². The predicted molar refractivity (Wildman–Crippen MR) is 152 cm³/mol. The second-order valence-corrected chi connectivity index (χ2v) is 9.20. The van der Waals surface area contributed by atoms with Gasteiger partial charge in [-0.25, -0.2) is 0 Å². The number of carbonyl (C=O) groups excluding carboxylic acids is 5. The Labute approximate surface area is 235 Å². The number of phenols is 1. The molecule has 0 aromatic heterocycles. The fraction of sp³-hybridized carbons (Fsp3) is 0.179. The van der Waals surface area contributed by atoms with Crippen LogP contribution < -0.4 is 37.9 Å². The van der Waals surface area contributed by atoms with E-state index in [0.717, 1.165) is 0 Å². The second kappa shape index (κ2) is 13.1. The number of nitrogens with one attached hydrogen (secondary N) is 3. The third-order valence-corrected chi connectivity index (χ3v) is 5.58. The number of nitrogens with two attached hydrogens (primary N) is 3. The van der Waals surface area contributed by atoms with E-state index in [1.165, 1.54) is 60.7 Å². The van der Waals surface area contributed by atoms with Crippen LogP contribution in [0.15, 0.2) is 60.7 Å². The van der Waals surface area contributed by atoms with Crippen LogP contribution >= 0.6 is 0 Å². The van der Waals surface area contributed by atoms with Crippen molar-refractivity contribution in [3.8, 4) is 11.5 Å². The molecule has 0 aliphatic carbocycles. The van der Waals surface area contributed by atoms with Crippen molar-refractivity contribution in [2.75, 3.05) is 16.0 Å². The Morgan fingerprint density at radius 3 is 1.88 bits per heavy atom. The number of phenolic OH excluding ortho intramolecular Hbond substituents is 1. The summed E-state index contributed by atoms with van der Waals surface area (Å²) in [6.07, 6.45) is -0.732. The summed E-state index contributed by atoms with van der Waals surface area (Å²) >= 11 is 0. The maximum absolute atomic E-state index is 12.9. The summed E-state index contributed by atoms with van der Waals surface area (Å²) in [5.41, 5.74) is 17.1. The summed E-state index contributed by atoms with van der Waals surface area (Å²) in [6.45, 7) is 3.42. The number of hydrogen-bond acceptors (Lipinski definition) is 8. The van der Waals surface area contributed by atoms with E-state index in [9.17, 15) is 29.1 Å². The monoisotopic (exact) mass is 562 g/mol. The van der Waals surface area contributed by atoms with Crippen LogP contribution in [0.25, 0.3) is 0 Å². The highest BCUT2D eigenvalue weighted by Gasteiger charge is 2.22. The highest BCUT2D eigenvalue weighted by molar-refractivity contribution is 6.09. The van der Waals surface area contributed by atoms with Gasteiger partial charge in [0.1, 0.15) is 0 Å². The first-order chi connectivity index (χ1) is 19.3. The molecule has 0 unspecified atom stereocenters. The molecule has 5 amide bonds. The van der Waals surface area contributed by atoms with E-state index in [4.69, 9.17) is 21.9 Å². The normalized spacial score (nSPS) is 11.3. The molecule has 0 fully saturated rings. The van der Waals surface area contributed by atoms with Gasteiger partial charge in [-0.15, -0.1) is 0 Å². The van der Waals surface area contributed by atoms with E-state index in [1.54, 1.807) is 13.8 Å². The molecule has 13 heteroatoms. The standard InChI is InChI=1S/C28H30N6O7/c1-14(2)41-24-21(12-11-19(23(24)36)27(39)32-17-7-3-15(4-8-17)25(31)37)34-26(38)16-5-9-18(10-6-16)33-28(40)20(29)13-22(30)35/h3-12,14,20,36H,13,29H2,1-2H3,(H2,30,35)(H2,31,37)(H,32,39)(H,33,40)(H,34,38)/t20-/m0/s1. The minimum Gasteiger partial charge on any atom is -0.504 e. The third-order valence-electron chi connectivity index (χ3n) is 5.58. The Bertz CT molecular complexity index is 1470. The lowest BCUT2D eigenvalue weighted by Crippen LogP contribution is -2.38. The lowest BCUT2D eigenvalue weighted by Gasteiger charge is -2.18. The fourth-order valence-corrected chi connectivity index (χ4v) is 3.57. The maximum atomic E-state index is 12.9. The van der Waals surface area contributed by atoms with Gasteiger partial charge in [0, 0.05) is 22.5 Å². The molecule has 3 aromatic carbocycles. The molecule has 0 saturated carbocycles. The first-order valence-electron chi connectivity index (χ1n) is 12.4. The Kier molecular flexibility index (Phi) is 9.61. The molecule has 10 N–H and O–H groups in total. The molecule has 0 radical (unpaired) electrons. The molecule has 0 aliphatic heterocycles. The summed E-state index contributed by atoms with van der Waals surface area (Å²) in [5, 5.41) is 18.7. The molecule has 0 heterocycles. The van der Waals surface area contributed by atoms with Crippen molar-refractivity contribution in [1.82, 2.24) is 0 Å². The summed E-state index contributed by atoms with van der Waals surface area (Å²) in [5.74, 6) is -3.76. The van der Waals surface area contributed by atoms with E-state index in [2.05, 4.69) is 16.0 Å². The van der Waals surface area contributed by atoms with Crippen LogP contribution in [0.2, 0.25) is 0 Å². The molecule has 0 bridgehead atoms. The maximum Gasteiger partial charge on any atom is 0.259 e. The molecule has 0 spiro atoms. The summed E-state index contributed by atoms with van der Waals surface area (Å²) in [6, 6.07) is 13.3. The van der Waals surface area contributed by atoms with Crippen molar-refractivity contribution in [3.63, 3.8) is 0 Å². The van der Waals surface area contributed by atoms with E-state index in [0.29, 0.717) is 11.4 Å². The molecule has 3 rings (SSSR count). The number of benzene rings is 3. The van der Waals surface area contributed by atoms with Crippen LogP contribution in [0.3, 0.4) is 0 Å². The Morgan fingerprint density at radius 2 is 1.34 bits per heavy atom. The van der Waals surface area contributed by atoms with Crippen molar-refractivity contribution in [3.05, 3.63) is 77.4 Å². The third kappa shape index (κ3) is 8.03. The van der Waals surface area contributed by atoms with Gasteiger partial charge >= 0.3 is 0 Å². The predicted octanol–water partition coefficient (Wildman–Crippen LogP) is 1.92. The van der Waals surface area contributed by atoms with Crippen LogP contribution in [-0.4, -0.2) is 46.8 Å². The summed E-state index contributed by atoms with van der Waals surface area (Å²) in [4.78, 5) is 60.1. The molecule has 41 heavy (non-hydrogen) atoms. The van der Waals surface area contributed by atoms with Gasteiger partial charge in [0.25, 0.3) is 11.8 Å². The summed E-state index contributed by atoms with van der Waals surface area (Å²) in [7, 11) is 0. The average Bonchev–Trinajstić information content (AvgIpc) is 2.90. The van der Waals surface area contributed by atoms with Gasteiger partial charge in [0.2, 0.25) is 17.7 Å². The minimum atomic E-state index is -1.12. The Morgan fingerprint density at radius 1 is 0.780 bits per heavy atom. The average molecular weight is 563 g/mol. The topological polar surface area (TPSA) is 229 Å². The number of ether oxygens (including phenoxy) is 1. The highest BCUT2D eigenvalue weighted by Crippen LogP contribution is 2.39. The van der Waals surface area contributed by atoms with Gasteiger partial charge in [-0.2, -0.15) is 0 Å². The zero-order valence-corrected chi connectivity index (χ0v) is 22.3. The molecule has 214 valence electrons. The van der Waals surface area contributed by atoms with Gasteiger partial charge < -0.3 is 43.0 Å². The number of hydrogen-bond donors (Lipinski definition) is 7. The quantitative estimate of drug-likeness (QED) is 0.182. The number of amides is 5. The van der Waals surface area contributed by atoms with Gasteiger partial charge in [-0.05, 0) is 74.5 Å². The number of aromatic hydroxyl groups is 1. The smallest absolute Gasteiger partial charge is 0.259 e. The molecular weight excluding hydrogens is 532 g/mol. The van der Waals surface area contributed by atoms with Crippen LogP contribution in [0.1, 0.15) is 51.3 Å². The SMILES string of the molecule is CC(C)Oc1c(NC(=O)c2ccc(NC(=O)[C@@H](N)CC(N)=O)cc2)ccc(C(=O)Nc2ccc(C(N)=O)cc2)c1O. The number of rotatable bonds is 11. The second-order valence-electron chi connectivity index (χ2n) is 9.20. The van der Waals surface area contributed by atoms with Crippen LogP contribution in [-0.2, 0) is 9.59 Å². The minimum absolute atomic E-state index is 0.110. The zero-order chi connectivity index (χ0) is 30.3.